The van der Waals surface area contributed by atoms with Crippen molar-refractivity contribution in [3.63, 3.8) is 0 Å². The molecule has 3 nitrogen and oxygen atoms in total. The zero-order chi connectivity index (χ0) is 13.7. The van der Waals surface area contributed by atoms with E-state index in [0.29, 0.717) is 11.3 Å². The van der Waals surface area contributed by atoms with Crippen LogP contribution in [0.15, 0.2) is 18.2 Å². The second kappa shape index (κ2) is 7.06. The molecule has 0 bridgehead atoms. The Hall–Kier alpha value is -0.870. The third kappa shape index (κ3) is 4.05. The minimum absolute atomic E-state index is 0.351. The van der Waals surface area contributed by atoms with E-state index >= 15 is 0 Å². The highest BCUT2D eigenvalue weighted by Gasteiger charge is 2.15. The van der Waals surface area contributed by atoms with E-state index in [4.69, 9.17) is 9.47 Å². The summed E-state index contributed by atoms with van der Waals surface area (Å²) in [6.45, 7) is 5.93. The lowest BCUT2D eigenvalue weighted by molar-refractivity contribution is 0.297. The van der Waals surface area contributed by atoms with Crippen LogP contribution in [0.3, 0.4) is 0 Å². The number of fused-ring (bicyclic) bond motifs is 1. The molecule has 106 valence electrons. The monoisotopic (exact) mass is 281 g/mol. The molecule has 1 aromatic carbocycles. The summed E-state index contributed by atoms with van der Waals surface area (Å²) >= 11 is 1.97. The molecule has 1 aliphatic heterocycles. The summed E-state index contributed by atoms with van der Waals surface area (Å²) in [6.07, 6.45) is 0.947. The third-order valence-corrected chi connectivity index (χ3v) is 4.31. The summed E-state index contributed by atoms with van der Waals surface area (Å²) in [5.74, 6) is 2.81. The van der Waals surface area contributed by atoms with Gasteiger partial charge in [0.05, 0.1) is 13.2 Å². The van der Waals surface area contributed by atoms with Crippen molar-refractivity contribution in [1.82, 2.24) is 5.32 Å². The summed E-state index contributed by atoms with van der Waals surface area (Å²) in [5.41, 5.74) is 1.26. The molecule has 1 unspecified atom stereocenters. The van der Waals surface area contributed by atoms with Gasteiger partial charge in [-0.25, -0.2) is 0 Å². The average molecular weight is 281 g/mol. The van der Waals surface area contributed by atoms with E-state index in [1.165, 1.54) is 5.56 Å². The minimum Gasteiger partial charge on any atom is -0.490 e. The van der Waals surface area contributed by atoms with Gasteiger partial charge in [0.1, 0.15) is 0 Å². The lowest BCUT2D eigenvalue weighted by atomic mass is 10.1. The van der Waals surface area contributed by atoms with Crippen LogP contribution in [0.5, 0.6) is 11.5 Å². The van der Waals surface area contributed by atoms with Crippen molar-refractivity contribution in [1.29, 1.82) is 0 Å². The smallest absolute Gasteiger partial charge is 0.161 e. The second-order valence-electron chi connectivity index (χ2n) is 4.98. The van der Waals surface area contributed by atoms with E-state index in [0.717, 1.165) is 36.9 Å². The number of benzene rings is 1. The van der Waals surface area contributed by atoms with Gasteiger partial charge < -0.3 is 14.8 Å². The molecule has 0 spiro atoms. The Morgan fingerprint density at radius 3 is 2.63 bits per heavy atom. The molecule has 0 fully saturated rings. The Morgan fingerprint density at radius 1 is 1.21 bits per heavy atom. The van der Waals surface area contributed by atoms with Gasteiger partial charge in [0.25, 0.3) is 0 Å². The highest BCUT2D eigenvalue weighted by molar-refractivity contribution is 7.99. The maximum atomic E-state index is 5.75. The summed E-state index contributed by atoms with van der Waals surface area (Å²) in [6, 6.07) is 6.63. The van der Waals surface area contributed by atoms with Crippen LogP contribution in [0.1, 0.15) is 31.9 Å². The molecule has 0 aromatic heterocycles. The highest BCUT2D eigenvalue weighted by Crippen LogP contribution is 2.33. The summed E-state index contributed by atoms with van der Waals surface area (Å²) < 4.78 is 11.4. The molecule has 2 rings (SSSR count). The Bertz CT molecular complexity index is 409. The van der Waals surface area contributed by atoms with E-state index in [1.54, 1.807) is 0 Å². The van der Waals surface area contributed by atoms with Crippen molar-refractivity contribution in [3.8, 4) is 11.5 Å². The quantitative estimate of drug-likeness (QED) is 0.897. The number of hydrogen-bond donors (Lipinski definition) is 1. The molecule has 1 N–H and O–H groups in total. The number of rotatable bonds is 5. The first-order valence-corrected chi connectivity index (χ1v) is 7.94. The lowest BCUT2D eigenvalue weighted by Gasteiger charge is -2.19. The molecule has 1 heterocycles. The first-order chi connectivity index (χ1) is 9.20. The van der Waals surface area contributed by atoms with E-state index < -0.39 is 0 Å². The Morgan fingerprint density at radius 2 is 1.95 bits per heavy atom. The van der Waals surface area contributed by atoms with Gasteiger partial charge in [0.2, 0.25) is 0 Å². The standard InChI is InChI=1S/C15H23NO2S/c1-11(2)19-10-13(16-3)12-5-6-14-15(9-12)18-8-4-7-17-14/h5-6,9,11,13,16H,4,7-8,10H2,1-3H3. The van der Waals surface area contributed by atoms with Crippen LogP contribution in [0.2, 0.25) is 0 Å². The first kappa shape index (κ1) is 14.5. The topological polar surface area (TPSA) is 30.5 Å². The van der Waals surface area contributed by atoms with Crippen molar-refractivity contribution in [2.75, 3.05) is 26.0 Å². The van der Waals surface area contributed by atoms with Crippen LogP contribution >= 0.6 is 11.8 Å². The number of ether oxygens (including phenoxy) is 2. The van der Waals surface area contributed by atoms with Gasteiger partial charge in [-0.15, -0.1) is 0 Å². The van der Waals surface area contributed by atoms with Gasteiger partial charge in [-0.2, -0.15) is 11.8 Å². The van der Waals surface area contributed by atoms with Crippen LogP contribution in [-0.4, -0.2) is 31.3 Å². The Balaban J connectivity index is 2.12. The molecule has 4 heteroatoms. The number of hydrogen-bond acceptors (Lipinski definition) is 4. The highest BCUT2D eigenvalue weighted by atomic mass is 32.2. The van der Waals surface area contributed by atoms with E-state index in [2.05, 4.69) is 31.3 Å². The molecule has 0 saturated heterocycles. The maximum absolute atomic E-state index is 5.75. The van der Waals surface area contributed by atoms with Crippen molar-refractivity contribution in [2.45, 2.75) is 31.6 Å². The second-order valence-corrected chi connectivity index (χ2v) is 6.59. The molecule has 1 aliphatic rings. The molecular weight excluding hydrogens is 258 g/mol. The van der Waals surface area contributed by atoms with Crippen LogP contribution in [0.4, 0.5) is 0 Å². The molecule has 1 atom stereocenters. The maximum Gasteiger partial charge on any atom is 0.161 e. The largest absolute Gasteiger partial charge is 0.490 e. The molecule has 1 aromatic rings. The SMILES string of the molecule is CNC(CSC(C)C)c1ccc2c(c1)OCCCO2. The van der Waals surface area contributed by atoms with Crippen molar-refractivity contribution >= 4 is 11.8 Å². The third-order valence-electron chi connectivity index (χ3n) is 3.12. The van der Waals surface area contributed by atoms with Crippen LogP contribution in [0.25, 0.3) is 0 Å². The molecule has 19 heavy (non-hydrogen) atoms. The molecule has 0 amide bonds. The number of nitrogens with one attached hydrogen (secondary N) is 1. The summed E-state index contributed by atoms with van der Waals surface area (Å²) in [5, 5.41) is 4.03. The fraction of sp³-hybridized carbons (Fsp3) is 0.600. The van der Waals surface area contributed by atoms with Gasteiger partial charge >= 0.3 is 0 Å². The zero-order valence-corrected chi connectivity index (χ0v) is 12.8. The summed E-state index contributed by atoms with van der Waals surface area (Å²) in [4.78, 5) is 0. The zero-order valence-electron chi connectivity index (χ0n) is 11.9. The van der Waals surface area contributed by atoms with E-state index in [9.17, 15) is 0 Å². The fourth-order valence-corrected chi connectivity index (χ4v) is 2.97. The summed E-state index contributed by atoms with van der Waals surface area (Å²) in [7, 11) is 2.01. The van der Waals surface area contributed by atoms with Crippen molar-refractivity contribution in [3.05, 3.63) is 23.8 Å². The van der Waals surface area contributed by atoms with Crippen molar-refractivity contribution in [2.24, 2.45) is 0 Å². The molecule has 0 aliphatic carbocycles. The Labute approximate surface area is 120 Å². The van der Waals surface area contributed by atoms with Gasteiger partial charge in [-0.05, 0) is 30.0 Å². The number of thioether (sulfide) groups is 1. The van der Waals surface area contributed by atoms with Gasteiger partial charge in [0.15, 0.2) is 11.5 Å². The minimum atomic E-state index is 0.351. The van der Waals surface area contributed by atoms with Crippen molar-refractivity contribution < 1.29 is 9.47 Å². The van der Waals surface area contributed by atoms with E-state index in [1.807, 2.05) is 24.9 Å². The molecule has 0 radical (unpaired) electrons. The molecular formula is C15H23NO2S. The predicted octanol–water partition coefficient (Wildman–Crippen LogP) is 3.25. The van der Waals surface area contributed by atoms with Gasteiger partial charge in [-0.3, -0.25) is 0 Å². The van der Waals surface area contributed by atoms with Crippen LogP contribution in [-0.2, 0) is 0 Å². The van der Waals surface area contributed by atoms with Gasteiger partial charge in [0, 0.05) is 18.2 Å². The first-order valence-electron chi connectivity index (χ1n) is 6.89. The Kier molecular flexibility index (Phi) is 5.40. The fourth-order valence-electron chi connectivity index (χ4n) is 2.03. The lowest BCUT2D eigenvalue weighted by Crippen LogP contribution is -2.19. The van der Waals surface area contributed by atoms with Gasteiger partial charge in [-0.1, -0.05) is 19.9 Å². The average Bonchev–Trinajstić information content (AvgIpc) is 2.63. The van der Waals surface area contributed by atoms with Crippen LogP contribution in [0, 0.1) is 0 Å². The molecule has 0 saturated carbocycles. The predicted molar refractivity (Wildman–Crippen MR) is 81.4 cm³/mol. The van der Waals surface area contributed by atoms with Crippen LogP contribution < -0.4 is 14.8 Å². The normalized spacial score (nSPS) is 16.2. The van der Waals surface area contributed by atoms with E-state index in [-0.39, 0.29) is 0 Å².